The third-order valence-corrected chi connectivity index (χ3v) is 13.9. The maximum atomic E-state index is 2.44. The molecule has 4 aromatic carbocycles. The summed E-state index contributed by atoms with van der Waals surface area (Å²) in [6.07, 6.45) is 0. The van der Waals surface area contributed by atoms with Crippen molar-refractivity contribution in [2.75, 3.05) is 5.90 Å². The van der Waals surface area contributed by atoms with E-state index in [4.69, 9.17) is 0 Å². The molecular weight excluding hydrogens is 506 g/mol. The molecule has 204 valence electrons. The monoisotopic (exact) mass is 552 g/mol. The van der Waals surface area contributed by atoms with Gasteiger partial charge in [-0.25, -0.2) is 0 Å². The van der Waals surface area contributed by atoms with E-state index in [9.17, 15) is 0 Å². The molecule has 0 amide bonds. The van der Waals surface area contributed by atoms with Gasteiger partial charge in [-0.1, -0.05) is 152 Å². The van der Waals surface area contributed by atoms with E-state index in [-0.39, 0.29) is 0 Å². The van der Waals surface area contributed by atoms with Gasteiger partial charge in [-0.2, -0.15) is 0 Å². The lowest BCUT2D eigenvalue weighted by molar-refractivity contribution is 0.871. The Morgan fingerprint density at radius 3 is 0.769 bits per heavy atom. The van der Waals surface area contributed by atoms with Crippen LogP contribution < -0.4 is 21.2 Å². The van der Waals surface area contributed by atoms with E-state index in [1.807, 2.05) is 0 Å². The highest BCUT2D eigenvalue weighted by Crippen LogP contribution is 2.52. The van der Waals surface area contributed by atoms with E-state index in [1.165, 1.54) is 28.2 Å². The molecule has 0 spiro atoms. The lowest BCUT2D eigenvalue weighted by atomic mass is 10.0. The van der Waals surface area contributed by atoms with Crippen LogP contribution >= 0.6 is 15.8 Å². The molecule has 0 N–H and O–H groups in total. The number of rotatable bonds is 10. The first kappa shape index (κ1) is 29.7. The molecular formula is C37H46P2. The summed E-state index contributed by atoms with van der Waals surface area (Å²) >= 11 is 0. The molecule has 0 heterocycles. The second-order valence-electron chi connectivity index (χ2n) is 11.9. The maximum Gasteiger partial charge on any atom is 0.00409 e. The summed E-state index contributed by atoms with van der Waals surface area (Å²) in [6, 6.07) is 37.2. The Hall–Kier alpha value is -2.26. The summed E-state index contributed by atoms with van der Waals surface area (Å²) < 4.78 is 0. The Morgan fingerprint density at radius 2 is 0.564 bits per heavy atom. The van der Waals surface area contributed by atoms with Crippen LogP contribution in [0.5, 0.6) is 0 Å². The summed E-state index contributed by atoms with van der Waals surface area (Å²) in [7, 11) is -1.16. The first-order valence-electron chi connectivity index (χ1n) is 14.6. The highest BCUT2D eigenvalue weighted by molar-refractivity contribution is 7.88. The quantitative estimate of drug-likeness (QED) is 0.172. The molecule has 4 rings (SSSR count). The Balaban J connectivity index is 2.01. The van der Waals surface area contributed by atoms with E-state index in [2.05, 4.69) is 152 Å². The maximum absolute atomic E-state index is 2.44. The largest absolute Gasteiger partial charge is 0.0619 e. The molecule has 0 aliphatic carbocycles. The third kappa shape index (κ3) is 6.73. The van der Waals surface area contributed by atoms with Gasteiger partial charge >= 0.3 is 0 Å². The molecule has 0 radical (unpaired) electrons. The van der Waals surface area contributed by atoms with Crippen LogP contribution in [-0.2, 0) is 0 Å². The average Bonchev–Trinajstić information content (AvgIpc) is 2.93. The van der Waals surface area contributed by atoms with E-state index in [1.54, 1.807) is 21.2 Å². The Labute approximate surface area is 240 Å². The van der Waals surface area contributed by atoms with Crippen molar-refractivity contribution in [2.45, 2.75) is 79.1 Å². The first-order valence-corrected chi connectivity index (χ1v) is 17.7. The van der Waals surface area contributed by atoms with Crippen LogP contribution in [0.15, 0.2) is 97.1 Å². The fourth-order valence-electron chi connectivity index (χ4n) is 5.59. The summed E-state index contributed by atoms with van der Waals surface area (Å²) in [4.78, 5) is 0. The lowest BCUT2D eigenvalue weighted by Crippen LogP contribution is -2.27. The number of benzene rings is 4. The minimum Gasteiger partial charge on any atom is -0.0619 e. The zero-order valence-electron chi connectivity index (χ0n) is 25.1. The molecule has 0 unspecified atom stereocenters. The molecule has 0 saturated heterocycles. The van der Waals surface area contributed by atoms with Crippen LogP contribution in [0.2, 0.25) is 0 Å². The highest BCUT2D eigenvalue weighted by atomic mass is 31.2. The molecule has 0 aliphatic heterocycles. The van der Waals surface area contributed by atoms with Crippen molar-refractivity contribution in [3.63, 3.8) is 0 Å². The lowest BCUT2D eigenvalue weighted by Gasteiger charge is -2.33. The number of hydrogen-bond donors (Lipinski definition) is 0. The molecule has 0 fully saturated rings. The molecule has 0 aromatic heterocycles. The first-order chi connectivity index (χ1) is 18.7. The zero-order chi connectivity index (χ0) is 28.1. The van der Waals surface area contributed by atoms with Gasteiger partial charge in [0.05, 0.1) is 0 Å². The number of hydrogen-bond acceptors (Lipinski definition) is 0. The van der Waals surface area contributed by atoms with Crippen molar-refractivity contribution in [3.05, 3.63) is 119 Å². The topological polar surface area (TPSA) is 0 Å². The van der Waals surface area contributed by atoms with E-state index in [0.29, 0.717) is 23.7 Å². The molecule has 0 aliphatic rings. The van der Waals surface area contributed by atoms with Gasteiger partial charge in [0.15, 0.2) is 0 Å². The Morgan fingerprint density at radius 1 is 0.359 bits per heavy atom. The fourth-order valence-corrected chi connectivity index (χ4v) is 13.3. The van der Waals surface area contributed by atoms with Crippen molar-refractivity contribution < 1.29 is 0 Å². The summed E-state index contributed by atoms with van der Waals surface area (Å²) in [6.45, 7) is 18.8. The molecule has 4 aromatic rings. The van der Waals surface area contributed by atoms with Crippen LogP contribution in [0.3, 0.4) is 0 Å². The summed E-state index contributed by atoms with van der Waals surface area (Å²) in [5.74, 6) is 3.15. The second-order valence-corrected chi connectivity index (χ2v) is 16.6. The molecule has 0 nitrogen and oxygen atoms in total. The predicted molar refractivity (Wildman–Crippen MR) is 179 cm³/mol. The highest BCUT2D eigenvalue weighted by Gasteiger charge is 2.29. The average molecular weight is 553 g/mol. The minimum atomic E-state index is -0.578. The standard InChI is InChI=1S/C37H46P2/c1-26(2)30-17-9-13-21-34(30)38(35-22-14-10-18-31(35)27(3)4)25-39(36-23-15-11-19-32(36)28(5)6)37-24-16-12-20-33(37)29(7)8/h9-24,26-29H,25H2,1-8H3. The van der Waals surface area contributed by atoms with E-state index in [0.717, 1.165) is 0 Å². The van der Waals surface area contributed by atoms with Gasteiger partial charge in [0.25, 0.3) is 0 Å². The van der Waals surface area contributed by atoms with Crippen LogP contribution in [0.1, 0.15) is 101 Å². The van der Waals surface area contributed by atoms with E-state index < -0.39 is 15.8 Å². The molecule has 2 heteroatoms. The Bertz CT molecular complexity index is 1160. The van der Waals surface area contributed by atoms with Gasteiger partial charge < -0.3 is 0 Å². The van der Waals surface area contributed by atoms with Crippen molar-refractivity contribution in [1.29, 1.82) is 0 Å². The zero-order valence-corrected chi connectivity index (χ0v) is 26.9. The van der Waals surface area contributed by atoms with Crippen molar-refractivity contribution in [2.24, 2.45) is 0 Å². The smallest absolute Gasteiger partial charge is 0.00409 e. The third-order valence-electron chi connectivity index (χ3n) is 7.68. The fraction of sp³-hybridized carbons (Fsp3) is 0.351. The van der Waals surface area contributed by atoms with Gasteiger partial charge in [0, 0.05) is 5.90 Å². The van der Waals surface area contributed by atoms with Gasteiger partial charge in [-0.15, -0.1) is 0 Å². The van der Waals surface area contributed by atoms with Crippen LogP contribution in [-0.4, -0.2) is 5.90 Å². The Kier molecular flexibility index (Phi) is 10.2. The summed E-state index contributed by atoms with van der Waals surface area (Å²) in [5.41, 5.74) is 6.02. The predicted octanol–water partition coefficient (Wildman–Crippen LogP) is 9.70. The van der Waals surface area contributed by atoms with E-state index >= 15 is 0 Å². The molecule has 0 bridgehead atoms. The van der Waals surface area contributed by atoms with Crippen molar-refractivity contribution >= 4 is 37.1 Å². The van der Waals surface area contributed by atoms with Gasteiger partial charge in [-0.05, 0) is 83.0 Å². The SMILES string of the molecule is CC(C)c1ccccc1P(CP(c1ccccc1C(C)C)c1ccccc1C(C)C)c1ccccc1C(C)C. The summed E-state index contributed by atoms with van der Waals surface area (Å²) in [5, 5.41) is 6.25. The van der Waals surface area contributed by atoms with Crippen LogP contribution in [0, 0.1) is 0 Å². The van der Waals surface area contributed by atoms with Crippen molar-refractivity contribution in [3.8, 4) is 0 Å². The van der Waals surface area contributed by atoms with Gasteiger partial charge in [0.1, 0.15) is 0 Å². The molecule has 0 saturated carbocycles. The molecule has 39 heavy (non-hydrogen) atoms. The minimum absolute atomic E-state index is 0.495. The van der Waals surface area contributed by atoms with Gasteiger partial charge in [0.2, 0.25) is 0 Å². The van der Waals surface area contributed by atoms with Crippen LogP contribution in [0.4, 0.5) is 0 Å². The van der Waals surface area contributed by atoms with Crippen molar-refractivity contribution in [1.82, 2.24) is 0 Å². The van der Waals surface area contributed by atoms with Gasteiger partial charge in [-0.3, -0.25) is 0 Å². The second kappa shape index (κ2) is 13.4. The van der Waals surface area contributed by atoms with Crippen LogP contribution in [0.25, 0.3) is 0 Å². The normalized spacial score (nSPS) is 12.1. The molecule has 0 atom stereocenters.